The summed E-state index contributed by atoms with van der Waals surface area (Å²) in [5.41, 5.74) is 2.39. The highest BCUT2D eigenvalue weighted by Crippen LogP contribution is 2.36. The van der Waals surface area contributed by atoms with Crippen molar-refractivity contribution in [3.63, 3.8) is 0 Å². The first-order valence-corrected chi connectivity index (χ1v) is 11.7. The number of carbonyl (C=O) groups is 1. The standard InChI is InChI=1S/C25H25N11O2/c1-5-19(37)17-12-28-21(32-20-7-6-15(11-27-20)23-29-13-35(2)33-23)10-18(17)31-25-22(38-4)16(8-9-26-25)24-30-14-36(3)34-24/h6-14H,5H2,1-4H3,(H2,26,27,28,31,32). The molecule has 5 heterocycles. The molecule has 0 saturated heterocycles. The summed E-state index contributed by atoms with van der Waals surface area (Å²) in [5, 5.41) is 15.1. The minimum absolute atomic E-state index is 0.0709. The molecule has 0 aromatic carbocycles. The molecule has 0 bridgehead atoms. The van der Waals surface area contributed by atoms with E-state index in [4.69, 9.17) is 4.74 Å². The molecule has 0 amide bonds. The molecule has 5 aromatic heterocycles. The van der Waals surface area contributed by atoms with Gasteiger partial charge in [-0.1, -0.05) is 6.92 Å². The van der Waals surface area contributed by atoms with Crippen LogP contribution < -0.4 is 15.4 Å². The number of hydrogen-bond donors (Lipinski definition) is 2. The summed E-state index contributed by atoms with van der Waals surface area (Å²) < 4.78 is 8.90. The van der Waals surface area contributed by atoms with Crippen LogP contribution in [0.3, 0.4) is 0 Å². The van der Waals surface area contributed by atoms with Gasteiger partial charge in [0.05, 0.1) is 23.9 Å². The van der Waals surface area contributed by atoms with Crippen LogP contribution in [0.5, 0.6) is 5.75 Å². The third kappa shape index (κ3) is 5.02. The van der Waals surface area contributed by atoms with E-state index in [1.54, 1.807) is 80.7 Å². The zero-order chi connectivity index (χ0) is 26.6. The van der Waals surface area contributed by atoms with Crippen LogP contribution in [-0.2, 0) is 14.1 Å². The van der Waals surface area contributed by atoms with Gasteiger partial charge in [0.2, 0.25) is 0 Å². The van der Waals surface area contributed by atoms with Gasteiger partial charge in [0.25, 0.3) is 0 Å². The van der Waals surface area contributed by atoms with Crippen LogP contribution in [0.15, 0.2) is 55.5 Å². The van der Waals surface area contributed by atoms with Gasteiger partial charge in [-0.2, -0.15) is 10.2 Å². The summed E-state index contributed by atoms with van der Waals surface area (Å²) in [4.78, 5) is 34.6. The Morgan fingerprint density at radius 1 is 0.895 bits per heavy atom. The molecular weight excluding hydrogens is 486 g/mol. The second kappa shape index (κ2) is 10.4. The zero-order valence-corrected chi connectivity index (χ0v) is 21.2. The lowest BCUT2D eigenvalue weighted by Gasteiger charge is -2.16. The highest BCUT2D eigenvalue weighted by molar-refractivity contribution is 6.02. The Bertz CT molecular complexity index is 1590. The second-order valence-corrected chi connectivity index (χ2v) is 8.30. The van der Waals surface area contributed by atoms with Crippen LogP contribution in [-0.4, -0.2) is 57.4 Å². The first-order chi connectivity index (χ1) is 18.4. The van der Waals surface area contributed by atoms with Crippen molar-refractivity contribution in [2.75, 3.05) is 17.7 Å². The number of ketones is 1. The molecule has 2 N–H and O–H groups in total. The van der Waals surface area contributed by atoms with Crippen molar-refractivity contribution in [1.29, 1.82) is 0 Å². The number of aryl methyl sites for hydroxylation is 2. The zero-order valence-electron chi connectivity index (χ0n) is 21.2. The van der Waals surface area contributed by atoms with E-state index >= 15 is 0 Å². The van der Waals surface area contributed by atoms with Gasteiger partial charge in [-0.3, -0.25) is 14.2 Å². The first kappa shape index (κ1) is 24.5. The largest absolute Gasteiger partial charge is 0.492 e. The highest BCUT2D eigenvalue weighted by Gasteiger charge is 2.19. The molecule has 0 spiro atoms. The molecule has 0 atom stereocenters. The van der Waals surface area contributed by atoms with Crippen molar-refractivity contribution in [1.82, 2.24) is 44.5 Å². The van der Waals surface area contributed by atoms with Crippen LogP contribution in [0.25, 0.3) is 22.8 Å². The number of hydrogen-bond acceptors (Lipinski definition) is 11. The van der Waals surface area contributed by atoms with Crippen LogP contribution in [0.2, 0.25) is 0 Å². The third-order valence-electron chi connectivity index (χ3n) is 5.61. The molecule has 5 aromatic rings. The smallest absolute Gasteiger partial charge is 0.185 e. The summed E-state index contributed by atoms with van der Waals surface area (Å²) in [6, 6.07) is 7.17. The van der Waals surface area contributed by atoms with E-state index in [-0.39, 0.29) is 5.78 Å². The first-order valence-electron chi connectivity index (χ1n) is 11.7. The second-order valence-electron chi connectivity index (χ2n) is 8.30. The van der Waals surface area contributed by atoms with Crippen LogP contribution in [0, 0.1) is 0 Å². The van der Waals surface area contributed by atoms with E-state index in [1.807, 2.05) is 6.07 Å². The van der Waals surface area contributed by atoms with Crippen molar-refractivity contribution in [2.24, 2.45) is 14.1 Å². The van der Waals surface area contributed by atoms with Crippen LogP contribution in [0.1, 0.15) is 23.7 Å². The summed E-state index contributed by atoms with van der Waals surface area (Å²) in [6.07, 6.45) is 8.38. The summed E-state index contributed by atoms with van der Waals surface area (Å²) in [5.74, 6) is 2.91. The maximum absolute atomic E-state index is 12.7. The molecule has 192 valence electrons. The van der Waals surface area contributed by atoms with E-state index < -0.39 is 0 Å². The molecule has 13 nitrogen and oxygen atoms in total. The van der Waals surface area contributed by atoms with E-state index in [0.717, 1.165) is 5.56 Å². The van der Waals surface area contributed by atoms with Crippen molar-refractivity contribution in [3.05, 3.63) is 61.1 Å². The molecule has 0 aliphatic carbocycles. The molecule has 0 fully saturated rings. The monoisotopic (exact) mass is 511 g/mol. The normalized spacial score (nSPS) is 10.8. The third-order valence-corrected chi connectivity index (χ3v) is 5.61. The average molecular weight is 512 g/mol. The highest BCUT2D eigenvalue weighted by atomic mass is 16.5. The number of ether oxygens (including phenoxy) is 1. The van der Waals surface area contributed by atoms with Crippen molar-refractivity contribution in [3.8, 4) is 28.5 Å². The Kier molecular flexibility index (Phi) is 6.72. The van der Waals surface area contributed by atoms with E-state index in [1.165, 1.54) is 6.20 Å². The molecule has 0 aliphatic rings. The molecule has 0 aliphatic heterocycles. The molecule has 0 radical (unpaired) electrons. The van der Waals surface area contributed by atoms with Crippen molar-refractivity contribution >= 4 is 28.9 Å². The van der Waals surface area contributed by atoms with Crippen molar-refractivity contribution in [2.45, 2.75) is 13.3 Å². The van der Waals surface area contributed by atoms with Crippen LogP contribution in [0.4, 0.5) is 23.1 Å². The molecule has 0 saturated carbocycles. The predicted octanol–water partition coefficient (Wildman–Crippen LogP) is 3.55. The number of carbonyl (C=O) groups excluding carboxylic acids is 1. The number of rotatable bonds is 9. The Hall–Kier alpha value is -5.20. The van der Waals surface area contributed by atoms with Gasteiger partial charge in [0, 0.05) is 50.7 Å². The van der Waals surface area contributed by atoms with Gasteiger partial charge in [-0.15, -0.1) is 0 Å². The van der Waals surface area contributed by atoms with Crippen molar-refractivity contribution < 1.29 is 9.53 Å². The van der Waals surface area contributed by atoms with Crippen LogP contribution >= 0.6 is 0 Å². The number of anilines is 4. The van der Waals surface area contributed by atoms with Gasteiger partial charge < -0.3 is 15.4 Å². The number of nitrogens with one attached hydrogen (secondary N) is 2. The Balaban J connectivity index is 1.45. The van der Waals surface area contributed by atoms with Gasteiger partial charge in [0.15, 0.2) is 29.0 Å². The summed E-state index contributed by atoms with van der Waals surface area (Å²) in [6.45, 7) is 1.80. The lowest BCUT2D eigenvalue weighted by molar-refractivity contribution is 0.0988. The molecule has 38 heavy (non-hydrogen) atoms. The molecular formula is C25H25N11O2. The van der Waals surface area contributed by atoms with E-state index in [2.05, 4.69) is 45.8 Å². The number of Topliss-reactive ketones (excluding diaryl/α,β-unsaturated/α-hetero) is 1. The lowest BCUT2D eigenvalue weighted by Crippen LogP contribution is -2.07. The van der Waals surface area contributed by atoms with Gasteiger partial charge in [0.1, 0.15) is 24.3 Å². The number of nitrogens with zero attached hydrogens (tertiary/aromatic N) is 9. The van der Waals surface area contributed by atoms with Gasteiger partial charge >= 0.3 is 0 Å². The Morgan fingerprint density at radius 2 is 1.63 bits per heavy atom. The molecule has 0 unspecified atom stereocenters. The topological polar surface area (TPSA) is 150 Å². The maximum Gasteiger partial charge on any atom is 0.185 e. The SMILES string of the molecule is CCC(=O)c1cnc(Nc2ccc(-c3ncn(C)n3)cn2)cc1Nc1nccc(-c2ncn(C)n2)c1OC. The molecule has 5 rings (SSSR count). The Morgan fingerprint density at radius 3 is 2.26 bits per heavy atom. The minimum Gasteiger partial charge on any atom is -0.492 e. The predicted molar refractivity (Wildman–Crippen MR) is 140 cm³/mol. The number of aromatic nitrogens is 9. The average Bonchev–Trinajstić information content (AvgIpc) is 3.57. The number of pyridine rings is 3. The fourth-order valence-corrected chi connectivity index (χ4v) is 3.75. The van der Waals surface area contributed by atoms with Gasteiger partial charge in [-0.25, -0.2) is 24.9 Å². The Labute approximate surface area is 218 Å². The quantitative estimate of drug-likeness (QED) is 0.280. The lowest BCUT2D eigenvalue weighted by atomic mass is 10.1. The fourth-order valence-electron chi connectivity index (χ4n) is 3.75. The van der Waals surface area contributed by atoms with Gasteiger partial charge in [-0.05, 0) is 18.2 Å². The maximum atomic E-state index is 12.7. The van der Waals surface area contributed by atoms with E-state index in [9.17, 15) is 4.79 Å². The molecule has 13 heteroatoms. The minimum atomic E-state index is -0.0709. The fraction of sp³-hybridized carbons (Fsp3) is 0.200. The summed E-state index contributed by atoms with van der Waals surface area (Å²) >= 11 is 0. The van der Waals surface area contributed by atoms with E-state index in [0.29, 0.717) is 58.1 Å². The summed E-state index contributed by atoms with van der Waals surface area (Å²) in [7, 11) is 5.14. The number of methoxy groups -OCH3 is 1.